The Kier molecular flexibility index (Phi) is 7.44. The average Bonchev–Trinajstić information content (AvgIpc) is 3.01. The number of nitrogens with one attached hydrogen (secondary N) is 2. The van der Waals surface area contributed by atoms with Crippen LogP contribution in [0.2, 0.25) is 0 Å². The van der Waals surface area contributed by atoms with Crippen LogP contribution in [0, 0.1) is 18.8 Å². The summed E-state index contributed by atoms with van der Waals surface area (Å²) in [6.45, 7) is 5.76. The Hall–Kier alpha value is -2.61. The molecule has 3 rings (SSSR count). The summed E-state index contributed by atoms with van der Waals surface area (Å²) in [5, 5.41) is 3.62. The Balaban J connectivity index is 1.67. The second-order valence-corrected chi connectivity index (χ2v) is 8.61. The first-order chi connectivity index (χ1) is 15.0. The number of aromatic nitrogens is 1. The van der Waals surface area contributed by atoms with Gasteiger partial charge in [-0.3, -0.25) is 9.59 Å². The Morgan fingerprint density at radius 3 is 2.59 bits per heavy atom. The number of aryl methyl sites for hydroxylation is 1. The second-order valence-electron chi connectivity index (χ2n) is 8.17. The van der Waals surface area contributed by atoms with Gasteiger partial charge in [-0.25, -0.2) is 0 Å². The molecule has 2 aromatic rings. The van der Waals surface area contributed by atoms with E-state index in [1.54, 1.807) is 19.9 Å². The van der Waals surface area contributed by atoms with Crippen LogP contribution in [0.3, 0.4) is 0 Å². The number of hydrogen-bond acceptors (Lipinski definition) is 4. The summed E-state index contributed by atoms with van der Waals surface area (Å²) in [5.41, 5.74) is -1.29. The smallest absolute Gasteiger partial charge is 0.463 e. The van der Waals surface area contributed by atoms with E-state index in [2.05, 4.69) is 15.0 Å². The molecule has 0 saturated carbocycles. The number of benzene rings is 1. The fraction of sp³-hybridized carbons (Fsp3) is 0.478. The largest absolute Gasteiger partial charge is 0.487 e. The minimum Gasteiger partial charge on any atom is -0.463 e. The lowest BCUT2D eigenvalue weighted by Crippen LogP contribution is -2.40. The number of aromatic amines is 1. The highest BCUT2D eigenvalue weighted by Crippen LogP contribution is 2.31. The summed E-state index contributed by atoms with van der Waals surface area (Å²) in [7, 11) is 0. The van der Waals surface area contributed by atoms with Crippen molar-refractivity contribution in [3.8, 4) is 5.75 Å². The molecule has 174 valence electrons. The first kappa shape index (κ1) is 24.0. The lowest BCUT2D eigenvalue weighted by molar-refractivity contribution is -0.156. The molecule has 0 aliphatic heterocycles. The van der Waals surface area contributed by atoms with E-state index < -0.39 is 17.4 Å². The molecular weight excluding hydrogens is 442 g/mol. The van der Waals surface area contributed by atoms with E-state index in [1.165, 1.54) is 12.1 Å². The summed E-state index contributed by atoms with van der Waals surface area (Å²) >= 11 is 4.87. The van der Waals surface area contributed by atoms with Gasteiger partial charge in [-0.2, -0.15) is 0 Å². The van der Waals surface area contributed by atoms with Crippen molar-refractivity contribution < 1.29 is 27.8 Å². The zero-order valence-corrected chi connectivity index (χ0v) is 19.0. The third-order valence-corrected chi connectivity index (χ3v) is 5.50. The molecule has 2 N–H and O–H groups in total. The van der Waals surface area contributed by atoms with Gasteiger partial charge in [0.2, 0.25) is 5.91 Å². The predicted octanol–water partition coefficient (Wildman–Crippen LogP) is 4.84. The van der Waals surface area contributed by atoms with Crippen LogP contribution in [0.4, 0.5) is 8.78 Å². The second kappa shape index (κ2) is 9.90. The first-order valence-electron chi connectivity index (χ1n) is 10.6. The van der Waals surface area contributed by atoms with Gasteiger partial charge in [-0.05, 0) is 63.8 Å². The molecule has 1 heterocycles. The monoisotopic (exact) mass is 468 g/mol. The Morgan fingerprint density at radius 2 is 1.94 bits per heavy atom. The van der Waals surface area contributed by atoms with Crippen LogP contribution in [-0.2, 0) is 20.7 Å². The van der Waals surface area contributed by atoms with E-state index in [0.717, 1.165) is 16.8 Å². The standard InChI is InChI=1S/C23H27ClF2N2O4/c1-13(2)31-22(30)18-7-5-4-6-17(18)21(29)27-11-10-16-14(3)28-20-9-8-15(12-19(16)20)32-23(24,25)26/h4-5,8-9,12-13,17-18,28H,6-7,10-11H2,1-3H3,(H,27,29). The van der Waals surface area contributed by atoms with Crippen molar-refractivity contribution in [2.75, 3.05) is 6.54 Å². The number of carbonyl (C=O) groups excluding carboxylic acids is 2. The van der Waals surface area contributed by atoms with Gasteiger partial charge in [-0.15, -0.1) is 8.78 Å². The highest BCUT2D eigenvalue weighted by molar-refractivity contribution is 6.20. The molecule has 1 aliphatic rings. The molecular formula is C23H27ClF2N2O4. The van der Waals surface area contributed by atoms with Gasteiger partial charge in [0.05, 0.1) is 17.9 Å². The number of ether oxygens (including phenoxy) is 2. The van der Waals surface area contributed by atoms with Crippen LogP contribution in [0.25, 0.3) is 10.9 Å². The zero-order chi connectivity index (χ0) is 23.5. The van der Waals surface area contributed by atoms with Crippen LogP contribution < -0.4 is 10.1 Å². The van der Waals surface area contributed by atoms with Gasteiger partial charge in [0.25, 0.3) is 0 Å². The molecule has 1 amide bonds. The molecule has 9 heteroatoms. The highest BCUT2D eigenvalue weighted by atomic mass is 35.5. The number of halogens is 3. The Labute approximate surface area is 190 Å². The lowest BCUT2D eigenvalue weighted by atomic mass is 9.82. The van der Waals surface area contributed by atoms with E-state index in [0.29, 0.717) is 31.2 Å². The topological polar surface area (TPSA) is 80.4 Å². The summed E-state index contributed by atoms with van der Waals surface area (Å²) < 4.78 is 35.7. The number of rotatable bonds is 8. The van der Waals surface area contributed by atoms with Crippen molar-refractivity contribution >= 4 is 34.4 Å². The fourth-order valence-electron chi connectivity index (χ4n) is 4.01. The van der Waals surface area contributed by atoms with Gasteiger partial charge >= 0.3 is 11.5 Å². The molecule has 2 unspecified atom stereocenters. The molecule has 0 fully saturated rings. The number of esters is 1. The quantitative estimate of drug-likeness (QED) is 0.330. The molecule has 0 spiro atoms. The van der Waals surface area contributed by atoms with Crippen molar-refractivity contribution in [1.82, 2.24) is 10.3 Å². The minimum atomic E-state index is -3.80. The van der Waals surface area contributed by atoms with Crippen LogP contribution in [0.5, 0.6) is 5.75 Å². The SMILES string of the molecule is Cc1[nH]c2ccc(OC(F)(F)Cl)cc2c1CCNC(=O)C1CC=CCC1C(=O)OC(C)C. The number of carbonyl (C=O) groups is 2. The zero-order valence-electron chi connectivity index (χ0n) is 18.2. The minimum absolute atomic E-state index is 0.0534. The lowest BCUT2D eigenvalue weighted by Gasteiger charge is -2.26. The van der Waals surface area contributed by atoms with E-state index >= 15 is 0 Å². The Bertz CT molecular complexity index is 1010. The van der Waals surface area contributed by atoms with Crippen molar-refractivity contribution in [2.45, 2.75) is 51.7 Å². The Morgan fingerprint density at radius 1 is 1.25 bits per heavy atom. The maximum Gasteiger partial charge on any atom is 0.487 e. The molecule has 0 radical (unpaired) electrons. The third-order valence-electron chi connectivity index (χ3n) is 5.42. The molecule has 32 heavy (non-hydrogen) atoms. The van der Waals surface area contributed by atoms with Crippen molar-refractivity contribution in [2.24, 2.45) is 11.8 Å². The van der Waals surface area contributed by atoms with Crippen LogP contribution in [0.1, 0.15) is 37.9 Å². The summed E-state index contributed by atoms with van der Waals surface area (Å²) in [5.74, 6) is -1.61. The van der Waals surface area contributed by atoms with Crippen LogP contribution in [-0.4, -0.2) is 35.1 Å². The van der Waals surface area contributed by atoms with Crippen LogP contribution >= 0.6 is 11.6 Å². The highest BCUT2D eigenvalue weighted by Gasteiger charge is 2.35. The molecule has 1 aromatic carbocycles. The summed E-state index contributed by atoms with van der Waals surface area (Å²) in [4.78, 5) is 28.4. The van der Waals surface area contributed by atoms with E-state index in [9.17, 15) is 18.4 Å². The number of H-pyrrole nitrogens is 1. The number of alkyl halides is 3. The fourth-order valence-corrected chi connectivity index (χ4v) is 4.10. The summed E-state index contributed by atoms with van der Waals surface area (Å²) in [6.07, 6.45) is 4.98. The van der Waals surface area contributed by atoms with Crippen molar-refractivity contribution in [3.63, 3.8) is 0 Å². The number of allylic oxidation sites excluding steroid dienone is 2. The van der Waals surface area contributed by atoms with E-state index in [1.807, 2.05) is 19.1 Å². The van der Waals surface area contributed by atoms with Crippen LogP contribution in [0.15, 0.2) is 30.4 Å². The predicted molar refractivity (Wildman–Crippen MR) is 118 cm³/mol. The number of amides is 1. The number of hydrogen-bond donors (Lipinski definition) is 2. The van der Waals surface area contributed by atoms with Crippen molar-refractivity contribution in [1.29, 1.82) is 0 Å². The van der Waals surface area contributed by atoms with E-state index in [-0.39, 0.29) is 23.7 Å². The first-order valence-corrected chi connectivity index (χ1v) is 10.9. The molecule has 6 nitrogen and oxygen atoms in total. The van der Waals surface area contributed by atoms with Gasteiger partial charge in [0, 0.05) is 34.7 Å². The third kappa shape index (κ3) is 6.00. The van der Waals surface area contributed by atoms with Gasteiger partial charge in [-0.1, -0.05) is 12.2 Å². The molecule has 1 aliphatic carbocycles. The normalized spacial score (nSPS) is 18.7. The van der Waals surface area contributed by atoms with Gasteiger partial charge < -0.3 is 19.8 Å². The maximum absolute atomic E-state index is 13.0. The average molecular weight is 469 g/mol. The molecule has 1 aromatic heterocycles. The van der Waals surface area contributed by atoms with Gasteiger partial charge in [0.15, 0.2) is 0 Å². The molecule has 0 saturated heterocycles. The maximum atomic E-state index is 13.0. The molecule has 2 atom stereocenters. The van der Waals surface area contributed by atoms with Crippen molar-refractivity contribution in [3.05, 3.63) is 41.6 Å². The number of fused-ring (bicyclic) bond motifs is 1. The van der Waals surface area contributed by atoms with Gasteiger partial charge in [0.1, 0.15) is 5.75 Å². The van der Waals surface area contributed by atoms with E-state index in [4.69, 9.17) is 16.3 Å². The molecule has 0 bridgehead atoms. The summed E-state index contributed by atoms with van der Waals surface area (Å²) in [6, 6.07) is 4.55.